The maximum atomic E-state index is 13.5. The van der Waals surface area contributed by atoms with Gasteiger partial charge in [0.05, 0.1) is 24.2 Å². The van der Waals surface area contributed by atoms with Gasteiger partial charge in [-0.2, -0.15) is 0 Å². The van der Waals surface area contributed by atoms with Crippen molar-refractivity contribution in [3.05, 3.63) is 71.4 Å². The number of hydrogen-bond acceptors (Lipinski definition) is 4. The topological polar surface area (TPSA) is 54.5 Å². The van der Waals surface area contributed by atoms with Crippen LogP contribution in [0.3, 0.4) is 0 Å². The van der Waals surface area contributed by atoms with Crippen LogP contribution in [0, 0.1) is 6.92 Å². The monoisotopic (exact) mass is 433 g/mol. The van der Waals surface area contributed by atoms with Gasteiger partial charge < -0.3 is 15.0 Å². The standard InChI is InChI=1S/C22H23N3O2.2ClH/c1-15-16-7-3-5-9-19(16)24-13-18(15)22(26)25-12-11-23-14-20(25)17-8-4-6-10-21(17)27-2;;/h3-10,13,20,23H,11-12,14H2,1-2H3;2*1H. The maximum absolute atomic E-state index is 13.5. The van der Waals surface area contributed by atoms with E-state index in [1.807, 2.05) is 60.4 Å². The van der Waals surface area contributed by atoms with Gasteiger partial charge in [-0.15, -0.1) is 24.8 Å². The van der Waals surface area contributed by atoms with E-state index in [9.17, 15) is 4.79 Å². The number of methoxy groups -OCH3 is 1. The SMILES string of the molecule is COc1ccccc1C1CNCCN1C(=O)c1cnc2ccccc2c1C.Cl.Cl. The first-order valence-corrected chi connectivity index (χ1v) is 9.19. The number of nitrogens with one attached hydrogen (secondary N) is 1. The molecule has 5 nitrogen and oxygen atoms in total. The summed E-state index contributed by atoms with van der Waals surface area (Å²) in [4.78, 5) is 19.9. The number of aromatic nitrogens is 1. The predicted molar refractivity (Wildman–Crippen MR) is 121 cm³/mol. The number of carbonyl (C=O) groups excluding carboxylic acids is 1. The molecule has 7 heteroatoms. The lowest BCUT2D eigenvalue weighted by atomic mass is 9.99. The Labute approximate surface area is 183 Å². The summed E-state index contributed by atoms with van der Waals surface area (Å²) in [7, 11) is 1.67. The fraction of sp³-hybridized carbons (Fsp3) is 0.273. The Morgan fingerprint density at radius 1 is 1.14 bits per heavy atom. The second kappa shape index (κ2) is 9.92. The van der Waals surface area contributed by atoms with Crippen molar-refractivity contribution in [1.82, 2.24) is 15.2 Å². The Morgan fingerprint density at radius 2 is 1.86 bits per heavy atom. The smallest absolute Gasteiger partial charge is 0.256 e. The summed E-state index contributed by atoms with van der Waals surface area (Å²) in [6.45, 7) is 4.12. The molecule has 1 atom stereocenters. The van der Waals surface area contributed by atoms with Gasteiger partial charge in [-0.3, -0.25) is 9.78 Å². The fourth-order valence-electron chi connectivity index (χ4n) is 3.82. The molecular formula is C22H25Cl2N3O2. The van der Waals surface area contributed by atoms with Gasteiger partial charge in [0.2, 0.25) is 0 Å². The molecule has 0 aliphatic carbocycles. The number of amides is 1. The Kier molecular flexibility index (Phi) is 7.85. The number of piperazine rings is 1. The summed E-state index contributed by atoms with van der Waals surface area (Å²) in [6.07, 6.45) is 1.71. The minimum Gasteiger partial charge on any atom is -0.496 e. The molecule has 0 bridgehead atoms. The molecule has 1 aromatic heterocycles. The lowest BCUT2D eigenvalue weighted by Gasteiger charge is -2.37. The molecule has 1 aliphatic heterocycles. The van der Waals surface area contributed by atoms with Crippen molar-refractivity contribution in [2.24, 2.45) is 0 Å². The average molecular weight is 434 g/mol. The van der Waals surface area contributed by atoms with E-state index in [4.69, 9.17) is 4.74 Å². The molecule has 1 aliphatic rings. The van der Waals surface area contributed by atoms with Crippen molar-refractivity contribution in [2.45, 2.75) is 13.0 Å². The van der Waals surface area contributed by atoms with E-state index in [1.165, 1.54) is 0 Å². The van der Waals surface area contributed by atoms with Crippen molar-refractivity contribution in [1.29, 1.82) is 0 Å². The molecule has 2 heterocycles. The Hall–Kier alpha value is -2.34. The predicted octanol–water partition coefficient (Wildman–Crippen LogP) is 4.18. The molecule has 0 radical (unpaired) electrons. The molecule has 0 saturated carbocycles. The highest BCUT2D eigenvalue weighted by molar-refractivity contribution is 6.00. The van der Waals surface area contributed by atoms with Crippen LogP contribution in [0.4, 0.5) is 0 Å². The van der Waals surface area contributed by atoms with Gasteiger partial charge in [-0.25, -0.2) is 0 Å². The number of fused-ring (bicyclic) bond motifs is 1. The molecule has 154 valence electrons. The first-order chi connectivity index (χ1) is 13.2. The van der Waals surface area contributed by atoms with Crippen molar-refractivity contribution < 1.29 is 9.53 Å². The van der Waals surface area contributed by atoms with E-state index >= 15 is 0 Å². The largest absolute Gasteiger partial charge is 0.496 e. The highest BCUT2D eigenvalue weighted by atomic mass is 35.5. The number of nitrogens with zero attached hydrogens (tertiary/aromatic N) is 2. The van der Waals surface area contributed by atoms with Crippen LogP contribution in [-0.2, 0) is 0 Å². The third-order valence-electron chi connectivity index (χ3n) is 5.28. The molecule has 4 rings (SSSR count). The Morgan fingerprint density at radius 3 is 2.66 bits per heavy atom. The number of pyridine rings is 1. The van der Waals surface area contributed by atoms with Crippen molar-refractivity contribution in [3.8, 4) is 5.75 Å². The third-order valence-corrected chi connectivity index (χ3v) is 5.28. The molecule has 0 spiro atoms. The molecule has 29 heavy (non-hydrogen) atoms. The molecular weight excluding hydrogens is 409 g/mol. The zero-order chi connectivity index (χ0) is 18.8. The van der Waals surface area contributed by atoms with E-state index in [1.54, 1.807) is 13.3 Å². The lowest BCUT2D eigenvalue weighted by molar-refractivity contribution is 0.0630. The van der Waals surface area contributed by atoms with Crippen LogP contribution < -0.4 is 10.1 Å². The minimum absolute atomic E-state index is 0. The van der Waals surface area contributed by atoms with Crippen LogP contribution >= 0.6 is 24.8 Å². The van der Waals surface area contributed by atoms with Crippen molar-refractivity contribution >= 4 is 41.6 Å². The first-order valence-electron chi connectivity index (χ1n) is 9.19. The highest BCUT2D eigenvalue weighted by Crippen LogP contribution is 2.32. The highest BCUT2D eigenvalue weighted by Gasteiger charge is 2.31. The third kappa shape index (κ3) is 4.32. The zero-order valence-corrected chi connectivity index (χ0v) is 18.1. The normalized spacial score (nSPS) is 15.9. The summed E-state index contributed by atoms with van der Waals surface area (Å²) in [5, 5.41) is 4.42. The van der Waals surface area contributed by atoms with Crippen LogP contribution in [0.1, 0.15) is 27.5 Å². The van der Waals surface area contributed by atoms with Gasteiger partial charge in [0.1, 0.15) is 5.75 Å². The van der Waals surface area contributed by atoms with Crippen LogP contribution in [0.2, 0.25) is 0 Å². The average Bonchev–Trinajstić information content (AvgIpc) is 2.74. The van der Waals surface area contributed by atoms with E-state index < -0.39 is 0 Å². The Balaban J connectivity index is 0.00000150. The van der Waals surface area contributed by atoms with Crippen LogP contribution in [0.5, 0.6) is 5.75 Å². The second-order valence-electron chi connectivity index (χ2n) is 6.77. The van der Waals surface area contributed by atoms with Crippen molar-refractivity contribution in [3.63, 3.8) is 0 Å². The summed E-state index contributed by atoms with van der Waals surface area (Å²) in [6, 6.07) is 15.8. The van der Waals surface area contributed by atoms with Gasteiger partial charge in [0, 0.05) is 36.8 Å². The van der Waals surface area contributed by atoms with Crippen molar-refractivity contribution in [2.75, 3.05) is 26.7 Å². The Bertz CT molecular complexity index is 997. The zero-order valence-electron chi connectivity index (χ0n) is 16.4. The number of hydrogen-bond donors (Lipinski definition) is 1. The van der Waals surface area contributed by atoms with Gasteiger partial charge in [0.25, 0.3) is 5.91 Å². The second-order valence-corrected chi connectivity index (χ2v) is 6.77. The molecule has 1 unspecified atom stereocenters. The van der Waals surface area contributed by atoms with E-state index in [0.29, 0.717) is 18.7 Å². The number of rotatable bonds is 3. The molecule has 1 saturated heterocycles. The molecule has 1 fully saturated rings. The van der Waals surface area contributed by atoms with Gasteiger partial charge >= 0.3 is 0 Å². The van der Waals surface area contributed by atoms with Gasteiger partial charge in [-0.05, 0) is 24.6 Å². The molecule has 1 N–H and O–H groups in total. The summed E-state index contributed by atoms with van der Waals surface area (Å²) in [5.41, 5.74) is 3.57. The number of para-hydroxylation sites is 2. The number of halogens is 2. The molecule has 2 aromatic carbocycles. The maximum Gasteiger partial charge on any atom is 0.256 e. The minimum atomic E-state index is -0.0757. The molecule has 3 aromatic rings. The summed E-state index contributed by atoms with van der Waals surface area (Å²) in [5.74, 6) is 0.820. The van der Waals surface area contributed by atoms with E-state index in [-0.39, 0.29) is 36.8 Å². The van der Waals surface area contributed by atoms with Crippen LogP contribution in [0.25, 0.3) is 10.9 Å². The quantitative estimate of drug-likeness (QED) is 0.672. The van der Waals surface area contributed by atoms with E-state index in [2.05, 4.69) is 10.3 Å². The fourth-order valence-corrected chi connectivity index (χ4v) is 3.82. The number of aryl methyl sites for hydroxylation is 1. The number of ether oxygens (including phenoxy) is 1. The number of benzene rings is 2. The number of carbonyl (C=O) groups is 1. The lowest BCUT2D eigenvalue weighted by Crippen LogP contribution is -2.49. The van der Waals surface area contributed by atoms with Crippen LogP contribution in [0.15, 0.2) is 54.7 Å². The van der Waals surface area contributed by atoms with E-state index in [0.717, 1.165) is 34.3 Å². The summed E-state index contributed by atoms with van der Waals surface area (Å²) >= 11 is 0. The van der Waals surface area contributed by atoms with Gasteiger partial charge in [-0.1, -0.05) is 36.4 Å². The van der Waals surface area contributed by atoms with Crippen LogP contribution in [-0.4, -0.2) is 42.5 Å². The first kappa shape index (κ1) is 22.9. The van der Waals surface area contributed by atoms with Gasteiger partial charge in [0.15, 0.2) is 0 Å². The summed E-state index contributed by atoms with van der Waals surface area (Å²) < 4.78 is 5.54. The molecule has 1 amide bonds.